The van der Waals surface area contributed by atoms with Crippen LogP contribution < -0.4 is 10.0 Å². The van der Waals surface area contributed by atoms with Gasteiger partial charge in [-0.15, -0.1) is 0 Å². The number of sulfonamides is 1. The fraction of sp³-hybridized carbons (Fsp3) is 0.167. The molecule has 1 aromatic heterocycles. The third-order valence-electron chi connectivity index (χ3n) is 4.04. The van der Waals surface area contributed by atoms with Gasteiger partial charge in [-0.1, -0.05) is 0 Å². The second-order valence-corrected chi connectivity index (χ2v) is 7.93. The third-order valence-corrected chi connectivity index (χ3v) is 5.45. The lowest BCUT2D eigenvalue weighted by Gasteiger charge is -2.14. The van der Waals surface area contributed by atoms with E-state index in [1.54, 1.807) is 30.2 Å². The smallest absolute Gasteiger partial charge is 0.355 e. The van der Waals surface area contributed by atoms with E-state index in [4.69, 9.17) is 0 Å². The van der Waals surface area contributed by atoms with Crippen molar-refractivity contribution in [3.05, 3.63) is 60.6 Å². The summed E-state index contributed by atoms with van der Waals surface area (Å²) in [5.41, 5.74) is 1.20. The molecule has 0 amide bonds. The highest BCUT2D eigenvalue weighted by Gasteiger charge is 2.30. The van der Waals surface area contributed by atoms with E-state index in [2.05, 4.69) is 15.0 Å². The van der Waals surface area contributed by atoms with Gasteiger partial charge in [0.25, 0.3) is 0 Å². The average Bonchev–Trinajstić information content (AvgIpc) is 3.08. The van der Waals surface area contributed by atoms with Gasteiger partial charge in [0.05, 0.1) is 22.5 Å². The van der Waals surface area contributed by atoms with E-state index in [1.165, 1.54) is 31.3 Å². The number of nitrogens with one attached hydrogen (secondary N) is 2. The Kier molecular flexibility index (Phi) is 5.18. The van der Waals surface area contributed by atoms with Crippen LogP contribution in [0, 0.1) is 0 Å². The highest BCUT2D eigenvalue weighted by atomic mass is 32.2. The van der Waals surface area contributed by atoms with Gasteiger partial charge < -0.3 is 9.88 Å². The van der Waals surface area contributed by atoms with E-state index >= 15 is 0 Å². The number of hydrogen-bond donors (Lipinski definition) is 2. The molecule has 0 aliphatic heterocycles. The van der Waals surface area contributed by atoms with Gasteiger partial charge in [-0.05, 0) is 49.5 Å². The average molecular weight is 410 g/mol. The van der Waals surface area contributed by atoms with Crippen molar-refractivity contribution in [1.82, 2.24) is 14.3 Å². The highest BCUT2D eigenvalue weighted by molar-refractivity contribution is 7.89. The van der Waals surface area contributed by atoms with Gasteiger partial charge >= 0.3 is 6.18 Å². The summed E-state index contributed by atoms with van der Waals surface area (Å²) in [6.07, 6.45) is -1.14. The number of imidazole rings is 1. The normalized spacial score (nSPS) is 12.2. The molecule has 3 rings (SSSR count). The number of hydrogen-bond acceptors (Lipinski definition) is 4. The summed E-state index contributed by atoms with van der Waals surface area (Å²) in [7, 11) is -0.590. The minimum absolute atomic E-state index is 0.0497. The van der Waals surface area contributed by atoms with Gasteiger partial charge in [-0.3, -0.25) is 0 Å². The van der Waals surface area contributed by atoms with E-state index in [-0.39, 0.29) is 4.90 Å². The van der Waals surface area contributed by atoms with Crippen LogP contribution >= 0.6 is 0 Å². The van der Waals surface area contributed by atoms with Crippen molar-refractivity contribution >= 4 is 21.4 Å². The van der Waals surface area contributed by atoms with Crippen LogP contribution in [0.2, 0.25) is 0 Å². The quantitative estimate of drug-likeness (QED) is 0.672. The lowest BCUT2D eigenvalue weighted by Crippen LogP contribution is -2.18. The molecule has 3 aromatic rings. The molecule has 148 valence electrons. The van der Waals surface area contributed by atoms with Gasteiger partial charge in [-0.25, -0.2) is 18.1 Å². The first-order chi connectivity index (χ1) is 13.1. The van der Waals surface area contributed by atoms with Crippen LogP contribution in [0.15, 0.2) is 59.9 Å². The number of nitrogens with zero attached hydrogens (tertiary/aromatic N) is 2. The summed E-state index contributed by atoms with van der Waals surface area (Å²) in [5, 5.41) is 3.02. The lowest BCUT2D eigenvalue weighted by atomic mass is 10.1. The van der Waals surface area contributed by atoms with E-state index in [0.29, 0.717) is 22.6 Å². The fourth-order valence-electron chi connectivity index (χ4n) is 2.58. The first-order valence-electron chi connectivity index (χ1n) is 8.10. The first-order valence-corrected chi connectivity index (χ1v) is 9.59. The van der Waals surface area contributed by atoms with Crippen LogP contribution in [0.1, 0.15) is 5.56 Å². The zero-order chi connectivity index (χ0) is 20.5. The molecule has 0 aliphatic carbocycles. The molecule has 2 aromatic carbocycles. The molecule has 0 radical (unpaired) electrons. The van der Waals surface area contributed by atoms with Crippen molar-refractivity contribution in [2.24, 2.45) is 7.05 Å². The second-order valence-electron chi connectivity index (χ2n) is 6.04. The minimum atomic E-state index is -4.42. The topological polar surface area (TPSA) is 76.0 Å². The number of benzene rings is 2. The van der Waals surface area contributed by atoms with E-state index in [9.17, 15) is 21.6 Å². The van der Waals surface area contributed by atoms with E-state index < -0.39 is 21.8 Å². The van der Waals surface area contributed by atoms with Gasteiger partial charge in [0.2, 0.25) is 10.0 Å². The highest BCUT2D eigenvalue weighted by Crippen LogP contribution is 2.33. The molecular formula is C18H17F3N4O2S. The molecule has 28 heavy (non-hydrogen) atoms. The molecule has 0 aliphatic rings. The SMILES string of the molecule is CNS(=O)(=O)c1ccc(Nc2ccc(C(F)(F)F)cc2)c(-c2cn(C)cn2)c1. The zero-order valence-electron chi connectivity index (χ0n) is 14.9. The van der Waals surface area contributed by atoms with Crippen molar-refractivity contribution < 1.29 is 21.6 Å². The monoisotopic (exact) mass is 410 g/mol. The molecule has 0 atom stereocenters. The number of aryl methyl sites for hydroxylation is 1. The first kappa shape index (κ1) is 19.9. The van der Waals surface area contributed by atoms with Crippen LogP contribution in [0.4, 0.5) is 24.5 Å². The van der Waals surface area contributed by atoms with Crippen LogP contribution in [0.3, 0.4) is 0 Å². The maximum absolute atomic E-state index is 12.7. The Labute approximate surface area is 160 Å². The Morgan fingerprint density at radius 1 is 1.07 bits per heavy atom. The molecule has 10 heteroatoms. The third kappa shape index (κ3) is 4.18. The molecule has 0 saturated heterocycles. The summed E-state index contributed by atoms with van der Waals surface area (Å²) in [4.78, 5) is 4.29. The lowest BCUT2D eigenvalue weighted by molar-refractivity contribution is -0.137. The maximum Gasteiger partial charge on any atom is 0.416 e. The predicted octanol–water partition coefficient (Wildman–Crippen LogP) is 3.76. The van der Waals surface area contributed by atoms with Gasteiger partial charge in [0, 0.05) is 30.2 Å². The summed E-state index contributed by atoms with van der Waals surface area (Å²) in [5.74, 6) is 0. The van der Waals surface area contributed by atoms with Crippen molar-refractivity contribution in [3.8, 4) is 11.3 Å². The van der Waals surface area contributed by atoms with Gasteiger partial charge in [-0.2, -0.15) is 13.2 Å². The minimum Gasteiger partial charge on any atom is -0.355 e. The Morgan fingerprint density at radius 2 is 1.75 bits per heavy atom. The molecule has 0 unspecified atom stereocenters. The predicted molar refractivity (Wildman–Crippen MR) is 99.6 cm³/mol. The second kappa shape index (κ2) is 7.28. The van der Waals surface area contributed by atoms with Gasteiger partial charge in [0.15, 0.2) is 0 Å². The van der Waals surface area contributed by atoms with Crippen LogP contribution in [-0.4, -0.2) is 25.0 Å². The van der Waals surface area contributed by atoms with Crippen molar-refractivity contribution in [3.63, 3.8) is 0 Å². The van der Waals surface area contributed by atoms with E-state index in [0.717, 1.165) is 12.1 Å². The maximum atomic E-state index is 12.7. The molecule has 2 N–H and O–H groups in total. The van der Waals surface area contributed by atoms with Gasteiger partial charge in [0.1, 0.15) is 0 Å². The molecule has 6 nitrogen and oxygen atoms in total. The summed E-state index contributed by atoms with van der Waals surface area (Å²) in [6, 6.07) is 8.98. The number of alkyl halides is 3. The number of aromatic nitrogens is 2. The van der Waals surface area contributed by atoms with Crippen LogP contribution in [0.5, 0.6) is 0 Å². The number of anilines is 2. The van der Waals surface area contributed by atoms with Crippen LogP contribution in [0.25, 0.3) is 11.3 Å². The Morgan fingerprint density at radius 3 is 2.29 bits per heavy atom. The molecule has 0 fully saturated rings. The molecular weight excluding hydrogens is 393 g/mol. The van der Waals surface area contributed by atoms with Crippen LogP contribution in [-0.2, 0) is 23.2 Å². The molecule has 0 bridgehead atoms. The number of rotatable bonds is 5. The van der Waals surface area contributed by atoms with E-state index in [1.807, 2.05) is 0 Å². The Balaban J connectivity index is 2.03. The van der Waals surface area contributed by atoms with Crippen molar-refractivity contribution in [1.29, 1.82) is 0 Å². The molecule has 0 saturated carbocycles. The zero-order valence-corrected chi connectivity index (χ0v) is 15.8. The Hall–Kier alpha value is -2.85. The number of halogens is 3. The Bertz CT molecular complexity index is 1090. The molecule has 0 spiro atoms. The fourth-order valence-corrected chi connectivity index (χ4v) is 3.34. The summed E-state index contributed by atoms with van der Waals surface area (Å²) >= 11 is 0. The largest absolute Gasteiger partial charge is 0.416 e. The summed E-state index contributed by atoms with van der Waals surface area (Å²) < 4.78 is 66.4. The van der Waals surface area contributed by atoms with Crippen molar-refractivity contribution in [2.75, 3.05) is 12.4 Å². The summed E-state index contributed by atoms with van der Waals surface area (Å²) in [6.45, 7) is 0. The molecule has 1 heterocycles. The van der Waals surface area contributed by atoms with Crippen molar-refractivity contribution in [2.45, 2.75) is 11.1 Å². The standard InChI is InChI=1S/C18H17F3N4O2S/c1-22-28(26,27)14-7-8-16(15(9-14)17-10-25(2)11-23-17)24-13-5-3-12(4-6-13)18(19,20)21/h3-11,22,24H,1-2H3.